The van der Waals surface area contributed by atoms with Crippen LogP contribution in [-0.2, 0) is 15.0 Å². The molecular weight excluding hydrogens is 330 g/mol. The van der Waals surface area contributed by atoms with Gasteiger partial charge in [0.15, 0.2) is 0 Å². The maximum absolute atomic E-state index is 13.6. The molecular formula is C21H29NO4. The number of hydrogen-bond donors (Lipinski definition) is 1. The van der Waals surface area contributed by atoms with E-state index in [1.807, 2.05) is 23.1 Å². The zero-order valence-electron chi connectivity index (χ0n) is 15.6. The average Bonchev–Trinajstić information content (AvgIpc) is 3.17. The fourth-order valence-electron chi connectivity index (χ4n) is 4.64. The molecule has 1 unspecified atom stereocenters. The van der Waals surface area contributed by atoms with E-state index < -0.39 is 11.4 Å². The van der Waals surface area contributed by atoms with E-state index in [-0.39, 0.29) is 12.3 Å². The van der Waals surface area contributed by atoms with Gasteiger partial charge < -0.3 is 14.7 Å². The van der Waals surface area contributed by atoms with Crippen LogP contribution in [0.5, 0.6) is 5.75 Å². The number of carboxylic acids is 1. The minimum Gasteiger partial charge on any atom is -0.497 e. The molecule has 1 heterocycles. The fourth-order valence-corrected chi connectivity index (χ4v) is 4.64. The molecule has 1 atom stereocenters. The number of rotatable bonds is 6. The molecule has 5 heteroatoms. The molecule has 0 spiro atoms. The number of nitrogens with zero attached hydrogens (tertiary/aromatic N) is 1. The van der Waals surface area contributed by atoms with Crippen LogP contribution in [-0.4, -0.2) is 42.1 Å². The highest BCUT2D eigenvalue weighted by molar-refractivity contribution is 5.89. The summed E-state index contributed by atoms with van der Waals surface area (Å²) in [6.45, 7) is 1.48. The number of methoxy groups -OCH3 is 1. The third-order valence-electron chi connectivity index (χ3n) is 6.06. The molecule has 1 saturated carbocycles. The number of carbonyl (C=O) groups excluding carboxylic acids is 1. The van der Waals surface area contributed by atoms with Gasteiger partial charge in [-0.25, -0.2) is 0 Å². The van der Waals surface area contributed by atoms with Crippen LogP contribution in [0.3, 0.4) is 0 Å². The normalized spacial score (nSPS) is 22.2. The molecule has 1 N–H and O–H groups in total. The van der Waals surface area contributed by atoms with Crippen molar-refractivity contribution < 1.29 is 19.4 Å². The maximum Gasteiger partial charge on any atom is 0.303 e. The lowest BCUT2D eigenvalue weighted by molar-refractivity contribution is -0.139. The number of benzene rings is 1. The Morgan fingerprint density at radius 3 is 2.73 bits per heavy atom. The summed E-state index contributed by atoms with van der Waals surface area (Å²) in [4.78, 5) is 26.4. The van der Waals surface area contributed by atoms with E-state index in [4.69, 9.17) is 9.84 Å². The third kappa shape index (κ3) is 3.87. The number of aliphatic carboxylic acids is 1. The molecule has 1 aliphatic heterocycles. The highest BCUT2D eigenvalue weighted by Crippen LogP contribution is 2.44. The molecule has 3 rings (SSSR count). The van der Waals surface area contributed by atoms with E-state index in [0.717, 1.165) is 56.4 Å². The molecule has 1 aromatic rings. The van der Waals surface area contributed by atoms with Crippen molar-refractivity contribution in [1.82, 2.24) is 4.90 Å². The van der Waals surface area contributed by atoms with E-state index >= 15 is 0 Å². The van der Waals surface area contributed by atoms with Gasteiger partial charge in [-0.15, -0.1) is 0 Å². The standard InChI is InChI=1S/C21H29NO4/c1-26-18-8-4-7-17(14-18)21(11-2-3-12-21)20(25)22-13-5-6-16(15-22)9-10-19(23)24/h4,7-8,14,16H,2-3,5-6,9-13,15H2,1H3,(H,23,24). The molecule has 1 amide bonds. The van der Waals surface area contributed by atoms with Crippen LogP contribution in [0.2, 0.25) is 0 Å². The summed E-state index contributed by atoms with van der Waals surface area (Å²) in [6, 6.07) is 7.94. The van der Waals surface area contributed by atoms with Gasteiger partial charge in [0, 0.05) is 19.5 Å². The number of amides is 1. The van der Waals surface area contributed by atoms with Gasteiger partial charge in [-0.3, -0.25) is 9.59 Å². The first-order valence-electron chi connectivity index (χ1n) is 9.71. The van der Waals surface area contributed by atoms with Crippen molar-refractivity contribution >= 4 is 11.9 Å². The Kier molecular flexibility index (Phi) is 5.84. The van der Waals surface area contributed by atoms with Crippen molar-refractivity contribution in [3.63, 3.8) is 0 Å². The molecule has 1 aromatic carbocycles. The van der Waals surface area contributed by atoms with Crippen LogP contribution in [0.4, 0.5) is 0 Å². The van der Waals surface area contributed by atoms with Crippen molar-refractivity contribution in [2.24, 2.45) is 5.92 Å². The summed E-state index contributed by atoms with van der Waals surface area (Å²) in [5.74, 6) is 0.562. The minimum absolute atomic E-state index is 0.188. The Bertz CT molecular complexity index is 651. The van der Waals surface area contributed by atoms with E-state index in [1.165, 1.54) is 0 Å². The number of piperidine rings is 1. The van der Waals surface area contributed by atoms with Crippen LogP contribution in [0, 0.1) is 5.92 Å². The zero-order valence-corrected chi connectivity index (χ0v) is 15.6. The van der Waals surface area contributed by atoms with Gasteiger partial charge in [-0.1, -0.05) is 25.0 Å². The van der Waals surface area contributed by atoms with Crippen molar-refractivity contribution in [1.29, 1.82) is 0 Å². The van der Waals surface area contributed by atoms with Crippen LogP contribution in [0.25, 0.3) is 0 Å². The van der Waals surface area contributed by atoms with Gasteiger partial charge >= 0.3 is 5.97 Å². The van der Waals surface area contributed by atoms with E-state index in [2.05, 4.69) is 6.07 Å². The Hall–Kier alpha value is -2.04. The first kappa shape index (κ1) is 18.7. The van der Waals surface area contributed by atoms with Crippen LogP contribution >= 0.6 is 0 Å². The zero-order chi connectivity index (χ0) is 18.6. The van der Waals surface area contributed by atoms with E-state index in [1.54, 1.807) is 7.11 Å². The van der Waals surface area contributed by atoms with Gasteiger partial charge in [-0.05, 0) is 55.7 Å². The topological polar surface area (TPSA) is 66.8 Å². The van der Waals surface area contributed by atoms with Gasteiger partial charge in [0.25, 0.3) is 0 Å². The number of carbonyl (C=O) groups is 2. The second kappa shape index (κ2) is 8.11. The van der Waals surface area contributed by atoms with E-state index in [0.29, 0.717) is 18.9 Å². The molecule has 2 aliphatic rings. The molecule has 1 aliphatic carbocycles. The van der Waals surface area contributed by atoms with Crippen LogP contribution < -0.4 is 4.74 Å². The maximum atomic E-state index is 13.6. The summed E-state index contributed by atoms with van der Waals surface area (Å²) in [7, 11) is 1.65. The molecule has 0 aromatic heterocycles. The second-order valence-electron chi connectivity index (χ2n) is 7.71. The number of carboxylic acid groups (broad SMARTS) is 1. The van der Waals surface area contributed by atoms with E-state index in [9.17, 15) is 9.59 Å². The van der Waals surface area contributed by atoms with Gasteiger partial charge in [0.05, 0.1) is 12.5 Å². The summed E-state index contributed by atoms with van der Waals surface area (Å²) < 4.78 is 5.38. The molecule has 5 nitrogen and oxygen atoms in total. The smallest absolute Gasteiger partial charge is 0.303 e. The SMILES string of the molecule is COc1cccc(C2(C(=O)N3CCCC(CCC(=O)O)C3)CCCC2)c1. The molecule has 142 valence electrons. The molecule has 26 heavy (non-hydrogen) atoms. The highest BCUT2D eigenvalue weighted by Gasteiger charge is 2.45. The first-order chi connectivity index (χ1) is 12.5. The van der Waals surface area contributed by atoms with Crippen molar-refractivity contribution in [2.75, 3.05) is 20.2 Å². The largest absolute Gasteiger partial charge is 0.497 e. The first-order valence-corrected chi connectivity index (χ1v) is 9.71. The lowest BCUT2D eigenvalue weighted by Gasteiger charge is -2.39. The average molecular weight is 359 g/mol. The molecule has 0 bridgehead atoms. The van der Waals surface area contributed by atoms with Gasteiger partial charge in [0.1, 0.15) is 5.75 Å². The number of ether oxygens (including phenoxy) is 1. The van der Waals surface area contributed by atoms with Crippen LogP contribution in [0.1, 0.15) is 56.9 Å². The summed E-state index contributed by atoms with van der Waals surface area (Å²) in [5.41, 5.74) is 0.621. The summed E-state index contributed by atoms with van der Waals surface area (Å²) in [6.07, 6.45) is 6.73. The Morgan fingerprint density at radius 2 is 2.04 bits per heavy atom. The third-order valence-corrected chi connectivity index (χ3v) is 6.06. The van der Waals surface area contributed by atoms with Crippen LogP contribution in [0.15, 0.2) is 24.3 Å². The Labute approximate surface area is 155 Å². The monoisotopic (exact) mass is 359 g/mol. The number of hydrogen-bond acceptors (Lipinski definition) is 3. The number of likely N-dealkylation sites (tertiary alicyclic amines) is 1. The van der Waals surface area contributed by atoms with Crippen molar-refractivity contribution in [3.8, 4) is 5.75 Å². The lowest BCUT2D eigenvalue weighted by atomic mass is 9.76. The minimum atomic E-state index is -0.753. The highest BCUT2D eigenvalue weighted by atomic mass is 16.5. The Morgan fingerprint density at radius 1 is 1.27 bits per heavy atom. The summed E-state index contributed by atoms with van der Waals surface area (Å²) >= 11 is 0. The summed E-state index contributed by atoms with van der Waals surface area (Å²) in [5, 5.41) is 8.94. The fraction of sp³-hybridized carbons (Fsp3) is 0.619. The lowest BCUT2D eigenvalue weighted by Crippen LogP contribution is -2.49. The molecule has 1 saturated heterocycles. The quantitative estimate of drug-likeness (QED) is 0.842. The second-order valence-corrected chi connectivity index (χ2v) is 7.71. The van der Waals surface area contributed by atoms with Gasteiger partial charge in [-0.2, -0.15) is 0 Å². The predicted octanol–water partition coefficient (Wildman–Crippen LogP) is 3.61. The molecule has 0 radical (unpaired) electrons. The molecule has 2 fully saturated rings. The predicted molar refractivity (Wildman–Crippen MR) is 99.3 cm³/mol. The van der Waals surface area contributed by atoms with Crippen molar-refractivity contribution in [2.45, 2.75) is 56.8 Å². The van der Waals surface area contributed by atoms with Gasteiger partial charge in [0.2, 0.25) is 5.91 Å². The Balaban J connectivity index is 1.79. The van der Waals surface area contributed by atoms with Crippen molar-refractivity contribution in [3.05, 3.63) is 29.8 Å².